The molecule has 0 unspecified atom stereocenters. The Morgan fingerprint density at radius 3 is 2.81 bits per heavy atom. The minimum absolute atomic E-state index is 0.105. The fourth-order valence-corrected chi connectivity index (χ4v) is 1.08. The van der Waals surface area contributed by atoms with Crippen molar-refractivity contribution in [3.63, 3.8) is 0 Å². The van der Waals surface area contributed by atoms with Gasteiger partial charge in [-0.25, -0.2) is 9.78 Å². The standard InChI is InChI=1S/C12H13NO3/c1-3-16-12(15)8-7-10-5-4-6-11(13-10)9(2)14/h4-8H,3H2,1-2H3. The molecular formula is C12H13NO3. The van der Waals surface area contributed by atoms with E-state index in [9.17, 15) is 9.59 Å². The van der Waals surface area contributed by atoms with E-state index >= 15 is 0 Å². The van der Waals surface area contributed by atoms with Gasteiger partial charge in [-0.3, -0.25) is 4.79 Å². The molecule has 0 aliphatic carbocycles. The lowest BCUT2D eigenvalue weighted by molar-refractivity contribution is -0.137. The summed E-state index contributed by atoms with van der Waals surface area (Å²) in [5.74, 6) is -0.524. The minimum Gasteiger partial charge on any atom is -0.463 e. The highest BCUT2D eigenvalue weighted by Crippen LogP contribution is 2.02. The Labute approximate surface area is 94.0 Å². The maximum absolute atomic E-state index is 11.1. The van der Waals surface area contributed by atoms with Gasteiger partial charge in [-0.05, 0) is 25.1 Å². The molecule has 0 atom stereocenters. The first-order valence-corrected chi connectivity index (χ1v) is 4.96. The average molecular weight is 219 g/mol. The number of hydrogen-bond acceptors (Lipinski definition) is 4. The quantitative estimate of drug-likeness (QED) is 0.440. The molecule has 1 heterocycles. The summed E-state index contributed by atoms with van der Waals surface area (Å²) in [7, 11) is 0. The van der Waals surface area contributed by atoms with Crippen LogP contribution >= 0.6 is 0 Å². The summed E-state index contributed by atoms with van der Waals surface area (Å²) < 4.78 is 4.72. The van der Waals surface area contributed by atoms with Crippen LogP contribution in [0.4, 0.5) is 0 Å². The van der Waals surface area contributed by atoms with Crippen LogP contribution in [-0.2, 0) is 9.53 Å². The van der Waals surface area contributed by atoms with Gasteiger partial charge in [0.1, 0.15) is 5.69 Å². The van der Waals surface area contributed by atoms with E-state index in [0.717, 1.165) is 0 Å². The van der Waals surface area contributed by atoms with Crippen molar-refractivity contribution in [1.82, 2.24) is 4.98 Å². The lowest BCUT2D eigenvalue weighted by Crippen LogP contribution is -2.00. The summed E-state index contributed by atoms with van der Waals surface area (Å²) in [6.07, 6.45) is 2.81. The predicted molar refractivity (Wildman–Crippen MR) is 59.9 cm³/mol. The van der Waals surface area contributed by atoms with E-state index in [0.29, 0.717) is 18.0 Å². The molecule has 0 fully saturated rings. The third kappa shape index (κ3) is 3.65. The van der Waals surface area contributed by atoms with E-state index in [1.807, 2.05) is 0 Å². The lowest BCUT2D eigenvalue weighted by atomic mass is 10.2. The number of ketones is 1. The number of aromatic nitrogens is 1. The second-order valence-corrected chi connectivity index (χ2v) is 3.09. The summed E-state index contributed by atoms with van der Waals surface area (Å²) in [6, 6.07) is 5.06. The van der Waals surface area contributed by atoms with Crippen LogP contribution in [0.15, 0.2) is 24.3 Å². The zero-order valence-corrected chi connectivity index (χ0v) is 9.27. The van der Waals surface area contributed by atoms with E-state index < -0.39 is 5.97 Å². The number of Topliss-reactive ketones (excluding diaryl/α,β-unsaturated/α-hetero) is 1. The number of esters is 1. The summed E-state index contributed by atoms with van der Waals surface area (Å²) in [5, 5.41) is 0. The van der Waals surface area contributed by atoms with E-state index in [4.69, 9.17) is 4.74 Å². The van der Waals surface area contributed by atoms with Crippen LogP contribution < -0.4 is 0 Å². The van der Waals surface area contributed by atoms with E-state index in [1.165, 1.54) is 19.1 Å². The molecule has 0 saturated heterocycles. The SMILES string of the molecule is CCOC(=O)C=Cc1cccc(C(C)=O)n1. The summed E-state index contributed by atoms with van der Waals surface area (Å²) in [4.78, 5) is 26.2. The van der Waals surface area contributed by atoms with Crippen LogP contribution in [0.1, 0.15) is 30.0 Å². The second kappa shape index (κ2) is 5.80. The minimum atomic E-state index is -0.419. The monoisotopic (exact) mass is 219 g/mol. The zero-order valence-electron chi connectivity index (χ0n) is 9.27. The third-order valence-electron chi connectivity index (χ3n) is 1.81. The van der Waals surface area contributed by atoms with Gasteiger partial charge >= 0.3 is 5.97 Å². The lowest BCUT2D eigenvalue weighted by Gasteiger charge is -1.97. The van der Waals surface area contributed by atoms with Gasteiger partial charge in [0, 0.05) is 13.0 Å². The van der Waals surface area contributed by atoms with Crippen LogP contribution in [0.2, 0.25) is 0 Å². The molecule has 0 aromatic carbocycles. The largest absolute Gasteiger partial charge is 0.463 e. The molecule has 1 rings (SSSR count). The Balaban J connectivity index is 2.77. The smallest absolute Gasteiger partial charge is 0.330 e. The fourth-order valence-electron chi connectivity index (χ4n) is 1.08. The van der Waals surface area contributed by atoms with Gasteiger partial charge < -0.3 is 4.74 Å². The molecule has 0 bridgehead atoms. The van der Waals surface area contributed by atoms with Gasteiger partial charge in [0.15, 0.2) is 5.78 Å². The van der Waals surface area contributed by atoms with E-state index in [-0.39, 0.29) is 5.78 Å². The summed E-state index contributed by atoms with van der Waals surface area (Å²) in [5.41, 5.74) is 0.937. The third-order valence-corrected chi connectivity index (χ3v) is 1.81. The number of pyridine rings is 1. The van der Waals surface area contributed by atoms with Crippen LogP contribution in [0.3, 0.4) is 0 Å². The van der Waals surface area contributed by atoms with Crippen molar-refractivity contribution < 1.29 is 14.3 Å². The average Bonchev–Trinajstić information content (AvgIpc) is 2.27. The Morgan fingerprint density at radius 2 is 2.19 bits per heavy atom. The van der Waals surface area contributed by atoms with Crippen molar-refractivity contribution in [2.75, 3.05) is 6.61 Å². The molecule has 16 heavy (non-hydrogen) atoms. The van der Waals surface area contributed by atoms with Crippen molar-refractivity contribution in [2.45, 2.75) is 13.8 Å². The van der Waals surface area contributed by atoms with Gasteiger partial charge in [0.05, 0.1) is 12.3 Å². The highest BCUT2D eigenvalue weighted by molar-refractivity contribution is 5.92. The maximum atomic E-state index is 11.1. The Hall–Kier alpha value is -1.97. The van der Waals surface area contributed by atoms with Crippen molar-refractivity contribution >= 4 is 17.8 Å². The normalized spacial score (nSPS) is 10.4. The first-order valence-electron chi connectivity index (χ1n) is 4.96. The number of hydrogen-bond donors (Lipinski definition) is 0. The molecule has 4 nitrogen and oxygen atoms in total. The molecule has 0 radical (unpaired) electrons. The summed E-state index contributed by atoms with van der Waals surface area (Å²) in [6.45, 7) is 3.52. The van der Waals surface area contributed by atoms with Crippen LogP contribution in [0, 0.1) is 0 Å². The number of carbonyl (C=O) groups excluding carboxylic acids is 2. The molecule has 0 spiro atoms. The molecular weight excluding hydrogens is 206 g/mol. The van der Waals surface area contributed by atoms with Crippen molar-refractivity contribution in [2.24, 2.45) is 0 Å². The van der Waals surface area contributed by atoms with Crippen LogP contribution in [0.5, 0.6) is 0 Å². The highest BCUT2D eigenvalue weighted by Gasteiger charge is 2.00. The van der Waals surface area contributed by atoms with Crippen molar-refractivity contribution in [3.05, 3.63) is 35.7 Å². The fraction of sp³-hybridized carbons (Fsp3) is 0.250. The number of nitrogens with zero attached hydrogens (tertiary/aromatic N) is 1. The van der Waals surface area contributed by atoms with Crippen LogP contribution in [-0.4, -0.2) is 23.3 Å². The molecule has 0 amide bonds. The molecule has 84 valence electrons. The Morgan fingerprint density at radius 1 is 1.44 bits per heavy atom. The highest BCUT2D eigenvalue weighted by atomic mass is 16.5. The van der Waals surface area contributed by atoms with Crippen molar-refractivity contribution in [1.29, 1.82) is 0 Å². The topological polar surface area (TPSA) is 56.3 Å². The predicted octanol–water partition coefficient (Wildman–Crippen LogP) is 1.86. The molecule has 0 aliphatic rings. The van der Waals surface area contributed by atoms with Crippen molar-refractivity contribution in [3.8, 4) is 0 Å². The van der Waals surface area contributed by atoms with Gasteiger partial charge in [-0.15, -0.1) is 0 Å². The first kappa shape index (κ1) is 12.1. The molecule has 1 aromatic heterocycles. The van der Waals surface area contributed by atoms with Gasteiger partial charge in [-0.1, -0.05) is 6.07 Å². The van der Waals surface area contributed by atoms with E-state index in [1.54, 1.807) is 25.1 Å². The van der Waals surface area contributed by atoms with Gasteiger partial charge in [-0.2, -0.15) is 0 Å². The molecule has 4 heteroatoms. The van der Waals surface area contributed by atoms with E-state index in [2.05, 4.69) is 4.98 Å². The second-order valence-electron chi connectivity index (χ2n) is 3.09. The molecule has 0 aliphatic heterocycles. The number of rotatable bonds is 4. The molecule has 1 aromatic rings. The molecule has 0 saturated carbocycles. The van der Waals surface area contributed by atoms with Gasteiger partial charge in [0.2, 0.25) is 0 Å². The Bertz CT molecular complexity index is 424. The van der Waals surface area contributed by atoms with Gasteiger partial charge in [0.25, 0.3) is 0 Å². The maximum Gasteiger partial charge on any atom is 0.330 e. The number of ether oxygens (including phenoxy) is 1. The van der Waals surface area contributed by atoms with Crippen LogP contribution in [0.25, 0.3) is 6.08 Å². The first-order chi connectivity index (χ1) is 7.63. The summed E-state index contributed by atoms with van der Waals surface area (Å²) >= 11 is 0. The molecule has 0 N–H and O–H groups in total. The number of carbonyl (C=O) groups is 2. The zero-order chi connectivity index (χ0) is 12.0. The Kier molecular flexibility index (Phi) is 4.39.